The van der Waals surface area contributed by atoms with Crippen molar-refractivity contribution in [1.82, 2.24) is 15.0 Å². The maximum absolute atomic E-state index is 13.5. The molecule has 0 saturated carbocycles. The average Bonchev–Trinajstić information content (AvgIpc) is 3.01. The van der Waals surface area contributed by atoms with Crippen LogP contribution in [0.25, 0.3) is 5.69 Å². The molecule has 3 aromatic rings. The number of carbonyl (C=O) groups is 1. The van der Waals surface area contributed by atoms with Gasteiger partial charge < -0.3 is 5.32 Å². The Labute approximate surface area is 158 Å². The fraction of sp³-hybridized carbons (Fsp3) is 0.0625. The Morgan fingerprint density at radius 3 is 2.42 bits per heavy atom. The molecular weight excluding hydrogens is 467 g/mol. The lowest BCUT2D eigenvalue weighted by Gasteiger charge is -2.11. The van der Waals surface area contributed by atoms with Crippen LogP contribution in [0.2, 0.25) is 0 Å². The summed E-state index contributed by atoms with van der Waals surface area (Å²) in [5, 5.41) is 9.18. The van der Waals surface area contributed by atoms with E-state index in [0.717, 1.165) is 27.8 Å². The highest BCUT2D eigenvalue weighted by Gasteiger charge is 2.42. The third-order valence-electron chi connectivity index (χ3n) is 3.31. The molecule has 0 spiro atoms. The molecule has 0 radical (unpaired) electrons. The molecule has 1 amide bonds. The predicted octanol–water partition coefficient (Wildman–Crippen LogP) is 4.28. The van der Waals surface area contributed by atoms with Crippen LogP contribution < -0.4 is 5.32 Å². The Hall–Kier alpha value is -2.50. The number of benzene rings is 2. The maximum atomic E-state index is 13.5. The number of alkyl halides is 3. The Morgan fingerprint density at radius 1 is 1.12 bits per heavy atom. The van der Waals surface area contributed by atoms with Crippen LogP contribution in [0.15, 0.2) is 48.5 Å². The van der Waals surface area contributed by atoms with Gasteiger partial charge in [0.05, 0.1) is 5.69 Å². The molecule has 2 aromatic carbocycles. The van der Waals surface area contributed by atoms with Crippen molar-refractivity contribution in [1.29, 1.82) is 0 Å². The summed E-state index contributed by atoms with van der Waals surface area (Å²) in [7, 11) is 0. The largest absolute Gasteiger partial charge is 0.435 e. The van der Waals surface area contributed by atoms with Gasteiger partial charge in [0.15, 0.2) is 11.4 Å². The molecule has 1 heterocycles. The average molecular weight is 476 g/mol. The van der Waals surface area contributed by atoms with Gasteiger partial charge in [-0.25, -0.2) is 9.07 Å². The highest BCUT2D eigenvalue weighted by molar-refractivity contribution is 14.1. The molecule has 0 unspecified atom stereocenters. The number of carbonyl (C=O) groups excluding carboxylic acids is 1. The summed E-state index contributed by atoms with van der Waals surface area (Å²) in [4.78, 5) is 12.3. The van der Waals surface area contributed by atoms with E-state index in [0.29, 0.717) is 10.4 Å². The second kappa shape index (κ2) is 7.02. The second-order valence-corrected chi connectivity index (χ2v) is 6.38. The molecule has 10 heteroatoms. The molecule has 0 aliphatic heterocycles. The molecule has 0 aliphatic rings. The van der Waals surface area contributed by atoms with Crippen molar-refractivity contribution < 1.29 is 22.4 Å². The molecule has 1 aromatic heterocycles. The minimum Gasteiger partial charge on any atom is -0.320 e. The number of nitrogens with zero attached hydrogens (tertiary/aromatic N) is 3. The summed E-state index contributed by atoms with van der Waals surface area (Å²) in [6, 6.07) is 10.8. The van der Waals surface area contributed by atoms with E-state index in [1.807, 2.05) is 22.6 Å². The standard InChI is InChI=1S/C16H9F4IN4O/c17-9-4-6-12(7-5-9)25-14(16(18,19)20)13(23-24-25)15(26)22-11-3-1-2-10(21)8-11/h1-8H,(H,22,26). The molecule has 134 valence electrons. The van der Waals surface area contributed by atoms with Gasteiger partial charge in [-0.2, -0.15) is 13.2 Å². The minimum absolute atomic E-state index is 0.0699. The number of halogens is 5. The van der Waals surface area contributed by atoms with Crippen LogP contribution in [0, 0.1) is 9.39 Å². The van der Waals surface area contributed by atoms with E-state index in [4.69, 9.17) is 0 Å². The number of nitrogens with one attached hydrogen (secondary N) is 1. The quantitative estimate of drug-likeness (QED) is 0.454. The number of amides is 1. The minimum atomic E-state index is -4.89. The zero-order valence-electron chi connectivity index (χ0n) is 12.8. The SMILES string of the molecule is O=C(Nc1cccc(I)c1)c1nnn(-c2ccc(F)cc2)c1C(F)(F)F. The van der Waals surface area contributed by atoms with E-state index in [1.165, 1.54) is 6.07 Å². The number of hydrogen-bond acceptors (Lipinski definition) is 3. The lowest BCUT2D eigenvalue weighted by molar-refractivity contribution is -0.143. The smallest absolute Gasteiger partial charge is 0.320 e. The molecule has 26 heavy (non-hydrogen) atoms. The van der Waals surface area contributed by atoms with Crippen LogP contribution in [-0.2, 0) is 6.18 Å². The van der Waals surface area contributed by atoms with Crippen LogP contribution in [0.4, 0.5) is 23.2 Å². The van der Waals surface area contributed by atoms with E-state index >= 15 is 0 Å². The van der Waals surface area contributed by atoms with Gasteiger partial charge in [-0.3, -0.25) is 4.79 Å². The van der Waals surface area contributed by atoms with E-state index in [2.05, 4.69) is 15.6 Å². The van der Waals surface area contributed by atoms with Crippen molar-refractivity contribution in [2.45, 2.75) is 6.18 Å². The molecule has 1 N–H and O–H groups in total. The highest BCUT2D eigenvalue weighted by Crippen LogP contribution is 2.33. The second-order valence-electron chi connectivity index (χ2n) is 5.14. The Morgan fingerprint density at radius 2 is 1.81 bits per heavy atom. The first-order chi connectivity index (χ1) is 12.3. The monoisotopic (exact) mass is 476 g/mol. The molecule has 5 nitrogen and oxygen atoms in total. The first kappa shape index (κ1) is 18.3. The van der Waals surface area contributed by atoms with Crippen molar-refractivity contribution in [3.8, 4) is 5.69 Å². The topological polar surface area (TPSA) is 59.8 Å². The summed E-state index contributed by atoms with van der Waals surface area (Å²) in [6.45, 7) is 0. The first-order valence-electron chi connectivity index (χ1n) is 7.11. The van der Waals surface area contributed by atoms with Gasteiger partial charge in [0.1, 0.15) is 5.82 Å². The van der Waals surface area contributed by atoms with Crippen molar-refractivity contribution in [3.05, 3.63) is 69.3 Å². The molecule has 0 aliphatic carbocycles. The number of rotatable bonds is 3. The van der Waals surface area contributed by atoms with Crippen LogP contribution in [-0.4, -0.2) is 20.9 Å². The van der Waals surface area contributed by atoms with Gasteiger partial charge in [-0.15, -0.1) is 5.10 Å². The van der Waals surface area contributed by atoms with Crippen molar-refractivity contribution >= 4 is 34.2 Å². The number of anilines is 1. The zero-order chi connectivity index (χ0) is 18.9. The molecule has 0 atom stereocenters. The molecule has 0 fully saturated rings. The lowest BCUT2D eigenvalue weighted by atomic mass is 10.2. The number of hydrogen-bond donors (Lipinski definition) is 1. The Bertz CT molecular complexity index is 954. The van der Waals surface area contributed by atoms with E-state index in [1.54, 1.807) is 18.2 Å². The van der Waals surface area contributed by atoms with Crippen molar-refractivity contribution in [2.75, 3.05) is 5.32 Å². The van der Waals surface area contributed by atoms with Gasteiger partial charge >= 0.3 is 6.18 Å². The Balaban J connectivity index is 2.02. The van der Waals surface area contributed by atoms with Gasteiger partial charge in [0.25, 0.3) is 5.91 Å². The summed E-state index contributed by atoms with van der Waals surface area (Å²) in [5.41, 5.74) is -1.96. The fourth-order valence-electron chi connectivity index (χ4n) is 2.21. The summed E-state index contributed by atoms with van der Waals surface area (Å²) >= 11 is 2.01. The summed E-state index contributed by atoms with van der Waals surface area (Å²) < 4.78 is 54.8. The first-order valence-corrected chi connectivity index (χ1v) is 8.19. The van der Waals surface area contributed by atoms with Crippen LogP contribution in [0.3, 0.4) is 0 Å². The molecule has 3 rings (SSSR count). The van der Waals surface area contributed by atoms with Crippen LogP contribution >= 0.6 is 22.6 Å². The van der Waals surface area contributed by atoms with E-state index in [-0.39, 0.29) is 5.69 Å². The zero-order valence-corrected chi connectivity index (χ0v) is 14.9. The predicted molar refractivity (Wildman–Crippen MR) is 93.4 cm³/mol. The van der Waals surface area contributed by atoms with E-state index < -0.39 is 29.3 Å². The van der Waals surface area contributed by atoms with Crippen molar-refractivity contribution in [2.24, 2.45) is 0 Å². The van der Waals surface area contributed by atoms with Gasteiger partial charge in [-0.05, 0) is 65.1 Å². The van der Waals surface area contributed by atoms with Crippen LogP contribution in [0.5, 0.6) is 0 Å². The molecule has 0 bridgehead atoms. The summed E-state index contributed by atoms with van der Waals surface area (Å²) in [6.07, 6.45) is -4.89. The summed E-state index contributed by atoms with van der Waals surface area (Å²) in [5.74, 6) is -1.66. The van der Waals surface area contributed by atoms with Crippen molar-refractivity contribution in [3.63, 3.8) is 0 Å². The fourth-order valence-corrected chi connectivity index (χ4v) is 2.75. The Kier molecular flexibility index (Phi) is 4.94. The normalized spacial score (nSPS) is 11.4. The highest BCUT2D eigenvalue weighted by atomic mass is 127. The lowest BCUT2D eigenvalue weighted by Crippen LogP contribution is -2.21. The number of aromatic nitrogens is 3. The van der Waals surface area contributed by atoms with Gasteiger partial charge in [-0.1, -0.05) is 11.3 Å². The third-order valence-corrected chi connectivity index (χ3v) is 3.98. The molecular formula is C16H9F4IN4O. The maximum Gasteiger partial charge on any atom is 0.435 e. The van der Waals surface area contributed by atoms with Gasteiger partial charge in [0, 0.05) is 9.26 Å². The third kappa shape index (κ3) is 3.84. The van der Waals surface area contributed by atoms with E-state index in [9.17, 15) is 22.4 Å². The molecule has 0 saturated heterocycles. The van der Waals surface area contributed by atoms with Gasteiger partial charge in [0.2, 0.25) is 0 Å². The van der Waals surface area contributed by atoms with Crippen LogP contribution in [0.1, 0.15) is 16.2 Å².